The van der Waals surface area contributed by atoms with Gasteiger partial charge in [-0.25, -0.2) is 8.42 Å². The molecule has 0 bridgehead atoms. The molecule has 0 N–H and O–H groups in total. The van der Waals surface area contributed by atoms with Crippen LogP contribution in [0.3, 0.4) is 0 Å². The van der Waals surface area contributed by atoms with Gasteiger partial charge in [0, 0.05) is 29.9 Å². The Bertz CT molecular complexity index is 865. The standard InChI is InChI=1S/C17H18BrNO4S/c1-19(11-12-10-13(18)8-9-15(12)23-2)17(20)14-6-4-5-7-16(14)24(3,21)22/h4-10H,11H2,1-3H3. The molecule has 0 unspecified atom stereocenters. The molecular formula is C17H18BrNO4S. The van der Waals surface area contributed by atoms with E-state index in [9.17, 15) is 13.2 Å². The summed E-state index contributed by atoms with van der Waals surface area (Å²) in [5.41, 5.74) is 0.982. The summed E-state index contributed by atoms with van der Waals surface area (Å²) in [5, 5.41) is 0. The molecule has 2 aromatic carbocycles. The van der Waals surface area contributed by atoms with Gasteiger partial charge in [-0.15, -0.1) is 0 Å². The van der Waals surface area contributed by atoms with Gasteiger partial charge in [0.2, 0.25) is 0 Å². The minimum atomic E-state index is -3.48. The zero-order chi connectivity index (χ0) is 17.9. The van der Waals surface area contributed by atoms with Gasteiger partial charge in [-0.1, -0.05) is 28.1 Å². The van der Waals surface area contributed by atoms with E-state index in [1.807, 2.05) is 18.2 Å². The van der Waals surface area contributed by atoms with Crippen molar-refractivity contribution in [3.63, 3.8) is 0 Å². The molecule has 128 valence electrons. The number of carbonyl (C=O) groups excluding carboxylic acids is 1. The number of methoxy groups -OCH3 is 1. The van der Waals surface area contributed by atoms with Crippen LogP contribution >= 0.6 is 15.9 Å². The van der Waals surface area contributed by atoms with Crippen molar-refractivity contribution in [2.24, 2.45) is 0 Å². The predicted octanol–water partition coefficient (Wildman–Crippen LogP) is 3.13. The van der Waals surface area contributed by atoms with Crippen LogP contribution in [0.2, 0.25) is 0 Å². The van der Waals surface area contributed by atoms with Crippen LogP contribution < -0.4 is 4.74 Å². The Morgan fingerprint density at radius 1 is 1.21 bits per heavy atom. The molecule has 0 saturated heterocycles. The van der Waals surface area contributed by atoms with E-state index in [1.165, 1.54) is 17.0 Å². The summed E-state index contributed by atoms with van der Waals surface area (Å²) in [7, 11) is -0.294. The second-order valence-corrected chi connectivity index (χ2v) is 8.29. The Morgan fingerprint density at radius 3 is 2.50 bits per heavy atom. The molecular weight excluding hydrogens is 394 g/mol. The summed E-state index contributed by atoms with van der Waals surface area (Å²) in [6, 6.07) is 11.7. The molecule has 7 heteroatoms. The molecule has 1 amide bonds. The normalized spacial score (nSPS) is 11.2. The summed E-state index contributed by atoms with van der Waals surface area (Å²) in [6.07, 6.45) is 1.09. The first-order chi connectivity index (χ1) is 11.2. The van der Waals surface area contributed by atoms with Crippen molar-refractivity contribution in [1.82, 2.24) is 4.90 Å². The third-order valence-electron chi connectivity index (χ3n) is 3.51. The van der Waals surface area contributed by atoms with Crippen LogP contribution in [0.4, 0.5) is 0 Å². The van der Waals surface area contributed by atoms with E-state index >= 15 is 0 Å². The van der Waals surface area contributed by atoms with Crippen LogP contribution in [0.15, 0.2) is 51.8 Å². The Labute approximate surface area is 150 Å². The second-order valence-electron chi connectivity index (χ2n) is 5.39. The fourth-order valence-corrected chi connectivity index (χ4v) is 3.66. The number of amides is 1. The molecule has 24 heavy (non-hydrogen) atoms. The average molecular weight is 412 g/mol. The van der Waals surface area contributed by atoms with Gasteiger partial charge < -0.3 is 9.64 Å². The molecule has 0 heterocycles. The Hall–Kier alpha value is -1.86. The molecule has 0 spiro atoms. The number of rotatable bonds is 5. The smallest absolute Gasteiger partial charge is 0.255 e. The van der Waals surface area contributed by atoms with Crippen LogP contribution in [-0.2, 0) is 16.4 Å². The van der Waals surface area contributed by atoms with Crippen LogP contribution in [0.1, 0.15) is 15.9 Å². The van der Waals surface area contributed by atoms with Crippen LogP contribution in [-0.4, -0.2) is 39.6 Å². The number of nitrogens with zero attached hydrogens (tertiary/aromatic N) is 1. The van der Waals surface area contributed by atoms with Crippen molar-refractivity contribution in [1.29, 1.82) is 0 Å². The topological polar surface area (TPSA) is 63.7 Å². The van der Waals surface area contributed by atoms with E-state index in [2.05, 4.69) is 15.9 Å². The number of hydrogen-bond donors (Lipinski definition) is 0. The lowest BCUT2D eigenvalue weighted by molar-refractivity contribution is 0.0780. The number of halogens is 1. The SMILES string of the molecule is COc1ccc(Br)cc1CN(C)C(=O)c1ccccc1S(C)(=O)=O. The van der Waals surface area contributed by atoms with E-state index in [4.69, 9.17) is 4.74 Å². The lowest BCUT2D eigenvalue weighted by Gasteiger charge is -2.20. The summed E-state index contributed by atoms with van der Waals surface area (Å²) >= 11 is 3.40. The first-order valence-electron chi connectivity index (χ1n) is 7.11. The maximum Gasteiger partial charge on any atom is 0.255 e. The Kier molecular flexibility index (Phi) is 5.66. The highest BCUT2D eigenvalue weighted by atomic mass is 79.9. The van der Waals surface area contributed by atoms with E-state index in [0.29, 0.717) is 12.3 Å². The van der Waals surface area contributed by atoms with Gasteiger partial charge in [0.1, 0.15) is 5.75 Å². The van der Waals surface area contributed by atoms with E-state index in [-0.39, 0.29) is 16.4 Å². The van der Waals surface area contributed by atoms with E-state index in [0.717, 1.165) is 16.3 Å². The number of sulfone groups is 1. The van der Waals surface area contributed by atoms with Crippen molar-refractivity contribution < 1.29 is 17.9 Å². The van der Waals surface area contributed by atoms with Gasteiger partial charge in [-0.2, -0.15) is 0 Å². The van der Waals surface area contributed by atoms with Gasteiger partial charge in [0.25, 0.3) is 5.91 Å². The maximum atomic E-state index is 12.7. The molecule has 0 aliphatic rings. The van der Waals surface area contributed by atoms with Crippen molar-refractivity contribution in [2.75, 3.05) is 20.4 Å². The lowest BCUT2D eigenvalue weighted by Crippen LogP contribution is -2.27. The quantitative estimate of drug-likeness (QED) is 0.757. The van der Waals surface area contributed by atoms with Gasteiger partial charge in [-0.3, -0.25) is 4.79 Å². The molecule has 2 rings (SSSR count). The lowest BCUT2D eigenvalue weighted by atomic mass is 10.1. The zero-order valence-corrected chi connectivity index (χ0v) is 16.0. The van der Waals surface area contributed by atoms with Gasteiger partial charge in [0.15, 0.2) is 9.84 Å². The minimum Gasteiger partial charge on any atom is -0.496 e. The van der Waals surface area contributed by atoms with Crippen molar-refractivity contribution >= 4 is 31.7 Å². The fourth-order valence-electron chi connectivity index (χ4n) is 2.37. The molecule has 0 atom stereocenters. The summed E-state index contributed by atoms with van der Waals surface area (Å²) in [4.78, 5) is 14.2. The predicted molar refractivity (Wildman–Crippen MR) is 96.0 cm³/mol. The first-order valence-corrected chi connectivity index (χ1v) is 9.79. The summed E-state index contributed by atoms with van der Waals surface area (Å²) in [5.74, 6) is 0.298. The number of carbonyl (C=O) groups is 1. The number of hydrogen-bond acceptors (Lipinski definition) is 4. The summed E-state index contributed by atoms with van der Waals surface area (Å²) in [6.45, 7) is 0.291. The zero-order valence-electron chi connectivity index (χ0n) is 13.6. The molecule has 0 radical (unpaired) electrons. The molecule has 0 aromatic heterocycles. The van der Waals surface area contributed by atoms with Gasteiger partial charge in [0.05, 0.1) is 17.6 Å². The van der Waals surface area contributed by atoms with Crippen LogP contribution in [0.25, 0.3) is 0 Å². The number of ether oxygens (including phenoxy) is 1. The molecule has 0 fully saturated rings. The monoisotopic (exact) mass is 411 g/mol. The highest BCUT2D eigenvalue weighted by molar-refractivity contribution is 9.10. The number of benzene rings is 2. The molecule has 0 aliphatic carbocycles. The van der Waals surface area contributed by atoms with Crippen LogP contribution in [0.5, 0.6) is 5.75 Å². The summed E-state index contributed by atoms with van der Waals surface area (Å²) < 4.78 is 30.0. The van der Waals surface area contributed by atoms with E-state index in [1.54, 1.807) is 26.3 Å². The third kappa shape index (κ3) is 4.15. The highest BCUT2D eigenvalue weighted by Gasteiger charge is 2.21. The Morgan fingerprint density at radius 2 is 1.88 bits per heavy atom. The van der Waals surface area contributed by atoms with Crippen molar-refractivity contribution in [3.8, 4) is 5.75 Å². The van der Waals surface area contributed by atoms with Gasteiger partial charge >= 0.3 is 0 Å². The first kappa shape index (κ1) is 18.5. The molecule has 2 aromatic rings. The maximum absolute atomic E-state index is 12.7. The molecule has 0 aliphatic heterocycles. The molecule has 5 nitrogen and oxygen atoms in total. The third-order valence-corrected chi connectivity index (χ3v) is 5.16. The highest BCUT2D eigenvalue weighted by Crippen LogP contribution is 2.25. The van der Waals surface area contributed by atoms with Crippen LogP contribution in [0, 0.1) is 0 Å². The second kappa shape index (κ2) is 7.36. The van der Waals surface area contributed by atoms with Crippen molar-refractivity contribution in [2.45, 2.75) is 11.4 Å². The van der Waals surface area contributed by atoms with E-state index < -0.39 is 9.84 Å². The minimum absolute atomic E-state index is 0.0306. The molecule has 0 saturated carbocycles. The fraction of sp³-hybridized carbons (Fsp3) is 0.235. The van der Waals surface area contributed by atoms with Crippen molar-refractivity contribution in [3.05, 3.63) is 58.1 Å². The largest absolute Gasteiger partial charge is 0.496 e. The average Bonchev–Trinajstić information content (AvgIpc) is 2.53. The Balaban J connectivity index is 2.34. The van der Waals surface area contributed by atoms with Gasteiger partial charge in [-0.05, 0) is 30.3 Å².